The number of methoxy groups -OCH3 is 1. The van der Waals surface area contributed by atoms with E-state index >= 15 is 0 Å². The third-order valence-electron chi connectivity index (χ3n) is 1.13. The number of aliphatic hydroxyl groups is 1. The third-order valence-corrected chi connectivity index (χ3v) is 1.13. The average molecular weight is 124 g/mol. The molecule has 0 atom stereocenters. The quantitative estimate of drug-likeness (QED) is 0.537. The highest BCUT2D eigenvalue weighted by atomic mass is 16.5. The molecule has 0 aromatic carbocycles. The van der Waals surface area contributed by atoms with Gasteiger partial charge in [0.1, 0.15) is 5.76 Å². The van der Waals surface area contributed by atoms with Gasteiger partial charge in [-0.15, -0.1) is 0 Å². The van der Waals surface area contributed by atoms with E-state index in [1.54, 1.807) is 25.3 Å². The molecule has 0 radical (unpaired) electrons. The van der Waals surface area contributed by atoms with Gasteiger partial charge in [0.15, 0.2) is 0 Å². The normalized spacial score (nSPS) is 20.6. The van der Waals surface area contributed by atoms with Gasteiger partial charge in [-0.1, -0.05) is 0 Å². The summed E-state index contributed by atoms with van der Waals surface area (Å²) in [6.45, 7) is 0. The fourth-order valence-electron chi connectivity index (χ4n) is 0.646. The minimum atomic E-state index is 0.770. The Balaban J connectivity index is 2.74. The molecule has 1 rings (SSSR count). The van der Waals surface area contributed by atoms with Crippen LogP contribution in [0.5, 0.6) is 0 Å². The maximum Gasteiger partial charge on any atom is 0.119 e. The SMILES string of the molecule is COC1=C/C(=C\O)C=C1. The molecule has 1 N–H and O–H groups in total. The number of hydrogen-bond acceptors (Lipinski definition) is 2. The second-order valence-corrected chi connectivity index (χ2v) is 1.71. The molecule has 1 aliphatic carbocycles. The van der Waals surface area contributed by atoms with E-state index in [4.69, 9.17) is 9.84 Å². The molecule has 1 aliphatic rings. The Bertz CT molecular complexity index is 187. The second-order valence-electron chi connectivity index (χ2n) is 1.71. The van der Waals surface area contributed by atoms with Crippen LogP contribution in [0, 0.1) is 0 Å². The molecule has 2 nitrogen and oxygen atoms in total. The van der Waals surface area contributed by atoms with Crippen LogP contribution in [0.1, 0.15) is 0 Å². The second kappa shape index (κ2) is 2.40. The van der Waals surface area contributed by atoms with Gasteiger partial charge >= 0.3 is 0 Å². The Morgan fingerprint density at radius 1 is 1.56 bits per heavy atom. The van der Waals surface area contributed by atoms with Crippen LogP contribution < -0.4 is 0 Å². The van der Waals surface area contributed by atoms with E-state index in [2.05, 4.69) is 0 Å². The molecule has 0 unspecified atom stereocenters. The van der Waals surface area contributed by atoms with Gasteiger partial charge in [-0.05, 0) is 18.2 Å². The molecular formula is C7H8O2. The highest BCUT2D eigenvalue weighted by Crippen LogP contribution is 2.13. The van der Waals surface area contributed by atoms with Gasteiger partial charge < -0.3 is 9.84 Å². The Morgan fingerprint density at radius 2 is 2.33 bits per heavy atom. The van der Waals surface area contributed by atoms with Crippen LogP contribution in [-0.2, 0) is 4.74 Å². The van der Waals surface area contributed by atoms with E-state index in [1.165, 1.54) is 0 Å². The van der Waals surface area contributed by atoms with Crippen molar-refractivity contribution in [2.75, 3.05) is 7.11 Å². The lowest BCUT2D eigenvalue weighted by Gasteiger charge is -1.91. The minimum absolute atomic E-state index is 0.770. The standard InChI is InChI=1S/C7H8O2/c1-9-7-3-2-6(4-7)5-8/h2-5,8H,1H3/b6-5-. The molecule has 0 saturated heterocycles. The molecule has 0 fully saturated rings. The fraction of sp³-hybridized carbons (Fsp3) is 0.143. The van der Waals surface area contributed by atoms with E-state index in [0.29, 0.717) is 0 Å². The summed E-state index contributed by atoms with van der Waals surface area (Å²) in [5.74, 6) is 0.773. The summed E-state index contributed by atoms with van der Waals surface area (Å²) < 4.78 is 4.87. The number of aliphatic hydroxyl groups excluding tert-OH is 1. The Morgan fingerprint density at radius 3 is 2.67 bits per heavy atom. The first-order valence-corrected chi connectivity index (χ1v) is 2.65. The highest BCUT2D eigenvalue weighted by molar-refractivity contribution is 5.42. The van der Waals surface area contributed by atoms with Crippen LogP contribution in [0.25, 0.3) is 0 Å². The summed E-state index contributed by atoms with van der Waals surface area (Å²) in [5, 5.41) is 8.47. The topological polar surface area (TPSA) is 29.5 Å². The van der Waals surface area contributed by atoms with Crippen molar-refractivity contribution in [2.45, 2.75) is 0 Å². The first-order chi connectivity index (χ1) is 4.36. The Labute approximate surface area is 53.8 Å². The zero-order valence-electron chi connectivity index (χ0n) is 5.16. The maximum atomic E-state index is 8.47. The van der Waals surface area contributed by atoms with Gasteiger partial charge in [-0.3, -0.25) is 0 Å². The molecule has 0 saturated carbocycles. The molecule has 0 bridgehead atoms. The zero-order valence-corrected chi connectivity index (χ0v) is 5.16. The number of allylic oxidation sites excluding steroid dienone is 4. The van der Waals surface area contributed by atoms with Crippen molar-refractivity contribution in [2.24, 2.45) is 0 Å². The summed E-state index contributed by atoms with van der Waals surface area (Å²) in [4.78, 5) is 0. The molecule has 0 aromatic rings. The molecule has 0 spiro atoms. The predicted molar refractivity (Wildman–Crippen MR) is 34.9 cm³/mol. The summed E-state index contributed by atoms with van der Waals surface area (Å²) in [6, 6.07) is 0. The first-order valence-electron chi connectivity index (χ1n) is 2.65. The van der Waals surface area contributed by atoms with Crippen LogP contribution in [0.4, 0.5) is 0 Å². The summed E-state index contributed by atoms with van der Waals surface area (Å²) in [6.07, 6.45) is 6.36. The van der Waals surface area contributed by atoms with Crippen LogP contribution >= 0.6 is 0 Å². The van der Waals surface area contributed by atoms with Crippen molar-refractivity contribution in [3.8, 4) is 0 Å². The van der Waals surface area contributed by atoms with Crippen LogP contribution in [-0.4, -0.2) is 12.2 Å². The fourth-order valence-corrected chi connectivity index (χ4v) is 0.646. The number of hydrogen-bond donors (Lipinski definition) is 1. The molecule has 0 aromatic heterocycles. The minimum Gasteiger partial charge on any atom is -0.515 e. The highest BCUT2D eigenvalue weighted by Gasteiger charge is 1.99. The third kappa shape index (κ3) is 1.13. The molecule has 0 amide bonds. The summed E-state index contributed by atoms with van der Waals surface area (Å²) >= 11 is 0. The van der Waals surface area contributed by atoms with Crippen molar-refractivity contribution >= 4 is 0 Å². The molecule has 0 heterocycles. The van der Waals surface area contributed by atoms with Crippen LogP contribution in [0.3, 0.4) is 0 Å². The molecule has 48 valence electrons. The van der Waals surface area contributed by atoms with Gasteiger partial charge in [-0.2, -0.15) is 0 Å². The monoisotopic (exact) mass is 124 g/mol. The largest absolute Gasteiger partial charge is 0.515 e. The first kappa shape index (κ1) is 5.95. The van der Waals surface area contributed by atoms with E-state index in [9.17, 15) is 0 Å². The van der Waals surface area contributed by atoms with E-state index in [1.807, 2.05) is 0 Å². The van der Waals surface area contributed by atoms with Gasteiger partial charge in [0.25, 0.3) is 0 Å². The van der Waals surface area contributed by atoms with Gasteiger partial charge in [0.05, 0.1) is 13.4 Å². The number of rotatable bonds is 1. The number of ether oxygens (including phenoxy) is 1. The van der Waals surface area contributed by atoms with Crippen LogP contribution in [0.15, 0.2) is 35.8 Å². The van der Waals surface area contributed by atoms with E-state index < -0.39 is 0 Å². The van der Waals surface area contributed by atoms with Crippen molar-refractivity contribution in [3.05, 3.63) is 35.8 Å². The van der Waals surface area contributed by atoms with E-state index in [0.717, 1.165) is 17.6 Å². The lowest BCUT2D eigenvalue weighted by Crippen LogP contribution is -1.75. The van der Waals surface area contributed by atoms with Crippen molar-refractivity contribution in [1.29, 1.82) is 0 Å². The zero-order chi connectivity index (χ0) is 6.69. The van der Waals surface area contributed by atoms with Gasteiger partial charge in [0.2, 0.25) is 0 Å². The van der Waals surface area contributed by atoms with E-state index in [-0.39, 0.29) is 0 Å². The van der Waals surface area contributed by atoms with Gasteiger partial charge in [-0.25, -0.2) is 0 Å². The molecular weight excluding hydrogens is 116 g/mol. The van der Waals surface area contributed by atoms with Crippen molar-refractivity contribution < 1.29 is 9.84 Å². The average Bonchev–Trinajstić information content (AvgIpc) is 2.34. The predicted octanol–water partition coefficient (Wildman–Crippen LogP) is 1.53. The molecule has 9 heavy (non-hydrogen) atoms. The van der Waals surface area contributed by atoms with Crippen LogP contribution in [0.2, 0.25) is 0 Å². The Hall–Kier alpha value is -1.18. The molecule has 0 aliphatic heterocycles. The summed E-state index contributed by atoms with van der Waals surface area (Å²) in [7, 11) is 1.59. The lowest BCUT2D eigenvalue weighted by atomic mass is 10.3. The lowest BCUT2D eigenvalue weighted by molar-refractivity contribution is 0.308. The molecule has 2 heteroatoms. The Kier molecular flexibility index (Phi) is 1.58. The summed E-state index contributed by atoms with van der Waals surface area (Å²) in [5.41, 5.74) is 0.770. The van der Waals surface area contributed by atoms with Crippen molar-refractivity contribution in [3.63, 3.8) is 0 Å². The smallest absolute Gasteiger partial charge is 0.119 e. The van der Waals surface area contributed by atoms with Gasteiger partial charge in [0, 0.05) is 5.57 Å². The maximum absolute atomic E-state index is 8.47. The van der Waals surface area contributed by atoms with Crippen molar-refractivity contribution in [1.82, 2.24) is 0 Å².